The molecule has 118 valence electrons. The molecule has 0 heterocycles. The molecule has 1 N–H and O–H groups in total. The van der Waals surface area contributed by atoms with E-state index in [1.54, 1.807) is 19.2 Å². The van der Waals surface area contributed by atoms with Gasteiger partial charge in [-0.3, -0.25) is 0 Å². The van der Waals surface area contributed by atoms with Crippen LogP contribution in [0.5, 0.6) is 11.5 Å². The minimum atomic E-state index is 0.548. The number of hydrogen-bond acceptors (Lipinski definition) is 3. The van der Waals surface area contributed by atoms with E-state index >= 15 is 0 Å². The zero-order valence-corrected chi connectivity index (χ0v) is 15.3. The number of benzene rings is 2. The Labute approximate surface area is 148 Å². The number of methoxy groups -OCH3 is 1. The molecule has 0 saturated heterocycles. The van der Waals surface area contributed by atoms with Gasteiger partial charge in [0.25, 0.3) is 0 Å². The van der Waals surface area contributed by atoms with Gasteiger partial charge in [-0.25, -0.2) is 0 Å². The van der Waals surface area contributed by atoms with Gasteiger partial charge in [0.1, 0.15) is 0 Å². The van der Waals surface area contributed by atoms with Crippen molar-refractivity contribution in [3.63, 3.8) is 0 Å². The Balaban J connectivity index is 2.26. The van der Waals surface area contributed by atoms with Crippen LogP contribution < -0.4 is 14.8 Å². The molecule has 0 aromatic heterocycles. The topological polar surface area (TPSA) is 30.5 Å². The van der Waals surface area contributed by atoms with Gasteiger partial charge in [0.15, 0.2) is 11.5 Å². The summed E-state index contributed by atoms with van der Waals surface area (Å²) in [7, 11) is 1.62. The molecule has 0 bridgehead atoms. The molecule has 22 heavy (non-hydrogen) atoms. The average molecular weight is 405 g/mol. The van der Waals surface area contributed by atoms with Crippen molar-refractivity contribution in [2.45, 2.75) is 13.5 Å². The Morgan fingerprint density at radius 3 is 2.59 bits per heavy atom. The van der Waals surface area contributed by atoms with Crippen LogP contribution in [0.25, 0.3) is 0 Å². The summed E-state index contributed by atoms with van der Waals surface area (Å²) in [6.45, 7) is 3.05. The molecule has 0 atom stereocenters. The Kier molecular flexibility index (Phi) is 6.24. The van der Waals surface area contributed by atoms with E-state index in [2.05, 4.69) is 21.2 Å². The van der Waals surface area contributed by atoms with Crippen molar-refractivity contribution < 1.29 is 9.47 Å². The van der Waals surface area contributed by atoms with Crippen LogP contribution >= 0.6 is 39.1 Å². The van der Waals surface area contributed by atoms with Crippen LogP contribution in [0.3, 0.4) is 0 Å². The van der Waals surface area contributed by atoms with Crippen LogP contribution in [0, 0.1) is 0 Å². The lowest BCUT2D eigenvalue weighted by atomic mass is 10.1. The SMILES string of the molecule is CCOc1c(CNc2ccc(Cl)cc2Cl)cc(Br)cc1OC. The third kappa shape index (κ3) is 4.22. The maximum atomic E-state index is 6.17. The molecular formula is C16H16BrCl2NO2. The largest absolute Gasteiger partial charge is 0.493 e. The maximum Gasteiger partial charge on any atom is 0.166 e. The average Bonchev–Trinajstić information content (AvgIpc) is 2.48. The second kappa shape index (κ2) is 7.95. The van der Waals surface area contributed by atoms with E-state index in [4.69, 9.17) is 32.7 Å². The highest BCUT2D eigenvalue weighted by atomic mass is 79.9. The number of ether oxygens (including phenoxy) is 2. The molecule has 6 heteroatoms. The molecule has 2 aromatic rings. The zero-order chi connectivity index (χ0) is 16.1. The monoisotopic (exact) mass is 403 g/mol. The third-order valence-electron chi connectivity index (χ3n) is 3.01. The smallest absolute Gasteiger partial charge is 0.166 e. The number of hydrogen-bond donors (Lipinski definition) is 1. The summed E-state index contributed by atoms with van der Waals surface area (Å²) >= 11 is 15.6. The number of nitrogens with one attached hydrogen (secondary N) is 1. The van der Waals surface area contributed by atoms with Gasteiger partial charge in [0.05, 0.1) is 24.4 Å². The van der Waals surface area contributed by atoms with E-state index in [9.17, 15) is 0 Å². The van der Waals surface area contributed by atoms with Crippen molar-refractivity contribution in [1.29, 1.82) is 0 Å². The zero-order valence-electron chi connectivity index (χ0n) is 12.3. The molecule has 0 saturated carbocycles. The predicted molar refractivity (Wildman–Crippen MR) is 95.7 cm³/mol. The van der Waals surface area contributed by atoms with Crippen LogP contribution in [-0.4, -0.2) is 13.7 Å². The lowest BCUT2D eigenvalue weighted by Gasteiger charge is -2.16. The van der Waals surface area contributed by atoms with Crippen molar-refractivity contribution in [3.8, 4) is 11.5 Å². The van der Waals surface area contributed by atoms with E-state index in [1.807, 2.05) is 25.1 Å². The summed E-state index contributed by atoms with van der Waals surface area (Å²) in [4.78, 5) is 0. The Morgan fingerprint density at radius 2 is 1.95 bits per heavy atom. The first-order valence-corrected chi connectivity index (χ1v) is 8.28. The Hall–Kier alpha value is -1.10. The summed E-state index contributed by atoms with van der Waals surface area (Å²) in [5, 5.41) is 4.47. The molecule has 0 amide bonds. The van der Waals surface area contributed by atoms with Crippen LogP contribution in [0.4, 0.5) is 5.69 Å². The molecule has 0 aliphatic rings. The van der Waals surface area contributed by atoms with E-state index in [0.717, 1.165) is 21.5 Å². The lowest BCUT2D eigenvalue weighted by Crippen LogP contribution is -2.05. The Bertz CT molecular complexity index is 665. The van der Waals surface area contributed by atoms with E-state index in [0.29, 0.717) is 28.9 Å². The summed E-state index contributed by atoms with van der Waals surface area (Å²) < 4.78 is 12.0. The van der Waals surface area contributed by atoms with Crippen molar-refractivity contribution in [2.75, 3.05) is 19.0 Å². The van der Waals surface area contributed by atoms with Crippen molar-refractivity contribution in [1.82, 2.24) is 0 Å². The van der Waals surface area contributed by atoms with E-state index < -0.39 is 0 Å². The quantitative estimate of drug-likeness (QED) is 0.662. The maximum absolute atomic E-state index is 6.17. The lowest BCUT2D eigenvalue weighted by molar-refractivity contribution is 0.308. The Morgan fingerprint density at radius 1 is 1.18 bits per heavy atom. The van der Waals surface area contributed by atoms with Crippen LogP contribution in [0.15, 0.2) is 34.8 Å². The summed E-state index contributed by atoms with van der Waals surface area (Å²) in [5.41, 5.74) is 1.78. The van der Waals surface area contributed by atoms with Gasteiger partial charge in [-0.05, 0) is 37.3 Å². The second-order valence-corrected chi connectivity index (χ2v) is 6.27. The molecular weight excluding hydrogens is 389 g/mol. The summed E-state index contributed by atoms with van der Waals surface area (Å²) in [6.07, 6.45) is 0. The molecule has 0 spiro atoms. The number of rotatable bonds is 6. The van der Waals surface area contributed by atoms with Crippen molar-refractivity contribution in [3.05, 3.63) is 50.4 Å². The fourth-order valence-corrected chi connectivity index (χ4v) is 3.00. The van der Waals surface area contributed by atoms with Gasteiger partial charge in [-0.2, -0.15) is 0 Å². The number of anilines is 1. The minimum Gasteiger partial charge on any atom is -0.493 e. The first-order valence-electron chi connectivity index (χ1n) is 6.73. The highest BCUT2D eigenvalue weighted by Gasteiger charge is 2.13. The molecule has 2 aromatic carbocycles. The van der Waals surface area contributed by atoms with Gasteiger partial charge in [-0.15, -0.1) is 0 Å². The van der Waals surface area contributed by atoms with E-state index in [1.165, 1.54) is 0 Å². The molecule has 0 aliphatic heterocycles. The van der Waals surface area contributed by atoms with Gasteiger partial charge < -0.3 is 14.8 Å². The van der Waals surface area contributed by atoms with E-state index in [-0.39, 0.29) is 0 Å². The molecule has 0 unspecified atom stereocenters. The summed E-state index contributed by atoms with van der Waals surface area (Å²) in [6, 6.07) is 9.21. The van der Waals surface area contributed by atoms with Crippen molar-refractivity contribution in [2.24, 2.45) is 0 Å². The normalized spacial score (nSPS) is 10.4. The first kappa shape index (κ1) is 17.3. The fourth-order valence-electron chi connectivity index (χ4n) is 2.04. The molecule has 0 fully saturated rings. The number of halogens is 3. The minimum absolute atomic E-state index is 0.548. The standard InChI is InChI=1S/C16H16BrCl2NO2/c1-3-22-16-10(6-11(17)7-15(16)21-2)9-20-14-5-4-12(18)8-13(14)19/h4-8,20H,3,9H2,1-2H3. The third-order valence-corrected chi connectivity index (χ3v) is 4.01. The molecule has 3 nitrogen and oxygen atoms in total. The highest BCUT2D eigenvalue weighted by molar-refractivity contribution is 9.10. The van der Waals surface area contributed by atoms with Gasteiger partial charge >= 0.3 is 0 Å². The second-order valence-electron chi connectivity index (χ2n) is 4.51. The molecule has 0 aliphatic carbocycles. The van der Waals surface area contributed by atoms with Gasteiger partial charge in [0.2, 0.25) is 0 Å². The van der Waals surface area contributed by atoms with Crippen LogP contribution in [-0.2, 0) is 6.54 Å². The van der Waals surface area contributed by atoms with Gasteiger partial charge in [0, 0.05) is 21.6 Å². The predicted octanol–water partition coefficient (Wildman–Crippen LogP) is 5.78. The van der Waals surface area contributed by atoms with Crippen LogP contribution in [0.2, 0.25) is 10.0 Å². The highest BCUT2D eigenvalue weighted by Crippen LogP contribution is 2.36. The van der Waals surface area contributed by atoms with Crippen LogP contribution in [0.1, 0.15) is 12.5 Å². The fraction of sp³-hybridized carbons (Fsp3) is 0.250. The summed E-state index contributed by atoms with van der Waals surface area (Å²) in [5.74, 6) is 1.42. The molecule has 2 rings (SSSR count). The first-order chi connectivity index (χ1) is 10.5. The molecule has 0 radical (unpaired) electrons. The van der Waals surface area contributed by atoms with Gasteiger partial charge in [-0.1, -0.05) is 39.1 Å². The van der Waals surface area contributed by atoms with Crippen molar-refractivity contribution >= 4 is 44.8 Å².